The predicted octanol–water partition coefficient (Wildman–Crippen LogP) is 5.27. The average Bonchev–Trinajstić information content (AvgIpc) is 3.03. The molecule has 7 nitrogen and oxygen atoms in total. The molecule has 0 atom stereocenters. The Hall–Kier alpha value is -2.78. The quantitative estimate of drug-likeness (QED) is 0.367. The van der Waals surface area contributed by atoms with Crippen LogP contribution in [-0.4, -0.2) is 49.3 Å². The van der Waals surface area contributed by atoms with E-state index in [0.29, 0.717) is 46.0 Å². The fourth-order valence-electron chi connectivity index (χ4n) is 2.95. The highest BCUT2D eigenvalue weighted by atomic mass is 79.9. The van der Waals surface area contributed by atoms with E-state index in [0.717, 1.165) is 10.0 Å². The number of esters is 1. The summed E-state index contributed by atoms with van der Waals surface area (Å²) >= 11 is 4.79. The highest BCUT2D eigenvalue weighted by Gasteiger charge is 2.30. The van der Waals surface area contributed by atoms with Crippen molar-refractivity contribution in [1.82, 2.24) is 4.90 Å². The third kappa shape index (κ3) is 5.34. The molecule has 0 N–H and O–H groups in total. The molecule has 1 aliphatic heterocycles. The summed E-state index contributed by atoms with van der Waals surface area (Å²) in [5.41, 5.74) is 1.74. The topological polar surface area (TPSA) is 77.4 Å². The summed E-state index contributed by atoms with van der Waals surface area (Å²) < 4.78 is 16.9. The number of aliphatic imine (C=N–C) groups is 1. The number of carbonyl (C=O) groups is 2. The monoisotopic (exact) mass is 518 g/mol. The second-order valence-corrected chi connectivity index (χ2v) is 8.47. The molecule has 0 radical (unpaired) electrons. The van der Waals surface area contributed by atoms with Gasteiger partial charge in [-0.3, -0.25) is 9.69 Å². The minimum atomic E-state index is -0.442. The number of amidine groups is 1. The second-order valence-electron chi connectivity index (χ2n) is 6.61. The van der Waals surface area contributed by atoms with Crippen LogP contribution in [0.15, 0.2) is 50.8 Å². The first-order chi connectivity index (χ1) is 15.4. The number of amides is 1. The lowest BCUT2D eigenvalue weighted by molar-refractivity contribution is -0.121. The lowest BCUT2D eigenvalue weighted by Crippen LogP contribution is -2.23. The van der Waals surface area contributed by atoms with Crippen LogP contribution in [0.1, 0.15) is 29.8 Å². The van der Waals surface area contributed by atoms with Crippen molar-refractivity contribution in [2.75, 3.05) is 27.4 Å². The van der Waals surface area contributed by atoms with Crippen molar-refractivity contribution in [3.63, 3.8) is 0 Å². The van der Waals surface area contributed by atoms with Crippen molar-refractivity contribution in [2.24, 2.45) is 4.99 Å². The molecule has 0 bridgehead atoms. The van der Waals surface area contributed by atoms with Crippen LogP contribution in [0.25, 0.3) is 6.08 Å². The van der Waals surface area contributed by atoms with E-state index in [4.69, 9.17) is 14.2 Å². The normalized spacial score (nSPS) is 16.0. The molecule has 1 heterocycles. The standard InChI is InChI=1S/C23H23BrN2O5S/c1-5-30-18-11-14(10-17(24)20(18)31-6-2)12-19-21(27)26(3)23(32-19)25-16-9-7-8-15(13-16)22(28)29-4/h7-13H,5-6H2,1-4H3. The molecule has 1 saturated heterocycles. The Kier molecular flexibility index (Phi) is 7.98. The van der Waals surface area contributed by atoms with E-state index in [1.54, 1.807) is 37.4 Å². The number of methoxy groups -OCH3 is 1. The Morgan fingerprint density at radius 1 is 1.19 bits per heavy atom. The first kappa shape index (κ1) is 23.9. The second kappa shape index (κ2) is 10.7. The van der Waals surface area contributed by atoms with Crippen LogP contribution in [0.4, 0.5) is 5.69 Å². The van der Waals surface area contributed by atoms with Gasteiger partial charge in [0.15, 0.2) is 16.7 Å². The number of thioether (sulfide) groups is 1. The van der Waals surface area contributed by atoms with Crippen LogP contribution in [0, 0.1) is 0 Å². The fraction of sp³-hybridized carbons (Fsp3) is 0.261. The van der Waals surface area contributed by atoms with Crippen molar-refractivity contribution in [1.29, 1.82) is 0 Å². The largest absolute Gasteiger partial charge is 0.490 e. The van der Waals surface area contributed by atoms with Gasteiger partial charge < -0.3 is 14.2 Å². The lowest BCUT2D eigenvalue weighted by Gasteiger charge is -2.13. The zero-order valence-corrected chi connectivity index (χ0v) is 20.6. The van der Waals surface area contributed by atoms with E-state index < -0.39 is 5.97 Å². The van der Waals surface area contributed by atoms with E-state index in [2.05, 4.69) is 20.9 Å². The number of hydrogen-bond donors (Lipinski definition) is 0. The molecule has 1 fully saturated rings. The number of halogens is 1. The van der Waals surface area contributed by atoms with Gasteiger partial charge in [0.25, 0.3) is 5.91 Å². The lowest BCUT2D eigenvalue weighted by atomic mass is 10.2. The summed E-state index contributed by atoms with van der Waals surface area (Å²) in [6.07, 6.45) is 1.79. The average molecular weight is 519 g/mol. The van der Waals surface area contributed by atoms with Gasteiger partial charge in [-0.15, -0.1) is 0 Å². The Balaban J connectivity index is 1.92. The summed E-state index contributed by atoms with van der Waals surface area (Å²) in [6, 6.07) is 10.5. The van der Waals surface area contributed by atoms with Crippen molar-refractivity contribution < 1.29 is 23.8 Å². The summed E-state index contributed by atoms with van der Waals surface area (Å²) in [4.78, 5) is 31.1. The molecular formula is C23H23BrN2O5S. The minimum Gasteiger partial charge on any atom is -0.490 e. The van der Waals surface area contributed by atoms with Gasteiger partial charge in [0.05, 0.1) is 41.0 Å². The summed E-state index contributed by atoms with van der Waals surface area (Å²) in [6.45, 7) is 4.81. The van der Waals surface area contributed by atoms with E-state index in [-0.39, 0.29) is 5.91 Å². The number of benzene rings is 2. The number of ether oxygens (including phenoxy) is 3. The molecule has 32 heavy (non-hydrogen) atoms. The molecule has 0 saturated carbocycles. The predicted molar refractivity (Wildman–Crippen MR) is 130 cm³/mol. The number of likely N-dealkylation sites (N-methyl/N-ethyl adjacent to an activating group) is 1. The molecule has 0 aliphatic carbocycles. The summed E-state index contributed by atoms with van der Waals surface area (Å²) in [5.74, 6) is 0.628. The van der Waals surface area contributed by atoms with Gasteiger partial charge in [0, 0.05) is 7.05 Å². The molecule has 3 rings (SSSR count). The molecule has 9 heteroatoms. The SMILES string of the molecule is CCOc1cc(C=C2SC(=Nc3cccc(C(=O)OC)c3)N(C)C2=O)cc(Br)c1OCC. The highest BCUT2D eigenvalue weighted by Crippen LogP contribution is 2.39. The Bertz CT molecular complexity index is 1100. The van der Waals surface area contributed by atoms with Crippen LogP contribution >= 0.6 is 27.7 Å². The third-order valence-corrected chi connectivity index (χ3v) is 6.06. The maximum absolute atomic E-state index is 12.8. The van der Waals surface area contributed by atoms with Gasteiger partial charge in [0.1, 0.15) is 0 Å². The number of rotatable bonds is 7. The zero-order valence-electron chi connectivity index (χ0n) is 18.2. The molecule has 2 aromatic carbocycles. The Labute approximate surface area is 199 Å². The molecule has 0 aromatic heterocycles. The van der Waals surface area contributed by atoms with Gasteiger partial charge in [-0.25, -0.2) is 9.79 Å². The molecule has 1 aliphatic rings. The van der Waals surface area contributed by atoms with Gasteiger partial charge in [0.2, 0.25) is 0 Å². The number of hydrogen-bond acceptors (Lipinski definition) is 7. The number of nitrogens with zero attached hydrogens (tertiary/aromatic N) is 2. The molecule has 0 unspecified atom stereocenters. The molecule has 2 aromatic rings. The van der Waals surface area contributed by atoms with Crippen molar-refractivity contribution >= 4 is 56.5 Å². The molecular weight excluding hydrogens is 496 g/mol. The first-order valence-corrected chi connectivity index (χ1v) is 11.5. The minimum absolute atomic E-state index is 0.166. The van der Waals surface area contributed by atoms with Crippen LogP contribution in [-0.2, 0) is 9.53 Å². The molecule has 0 spiro atoms. The fourth-order valence-corrected chi connectivity index (χ4v) is 4.51. The molecule has 168 valence electrons. The Morgan fingerprint density at radius 3 is 2.62 bits per heavy atom. The van der Waals surface area contributed by atoms with Crippen molar-refractivity contribution in [3.8, 4) is 11.5 Å². The van der Waals surface area contributed by atoms with Crippen LogP contribution in [0.3, 0.4) is 0 Å². The molecule has 1 amide bonds. The van der Waals surface area contributed by atoms with Crippen molar-refractivity contribution in [2.45, 2.75) is 13.8 Å². The van der Waals surface area contributed by atoms with E-state index in [1.165, 1.54) is 23.8 Å². The summed E-state index contributed by atoms with van der Waals surface area (Å²) in [7, 11) is 2.99. The maximum Gasteiger partial charge on any atom is 0.337 e. The van der Waals surface area contributed by atoms with Gasteiger partial charge in [-0.1, -0.05) is 6.07 Å². The zero-order chi connectivity index (χ0) is 23.3. The first-order valence-electron chi connectivity index (χ1n) is 9.91. The highest BCUT2D eigenvalue weighted by molar-refractivity contribution is 9.10. The number of carbonyl (C=O) groups excluding carboxylic acids is 2. The third-order valence-electron chi connectivity index (χ3n) is 4.41. The van der Waals surface area contributed by atoms with Gasteiger partial charge in [-0.2, -0.15) is 0 Å². The van der Waals surface area contributed by atoms with Crippen LogP contribution < -0.4 is 9.47 Å². The van der Waals surface area contributed by atoms with Gasteiger partial charge in [-0.05, 0) is 83.5 Å². The smallest absolute Gasteiger partial charge is 0.337 e. The van der Waals surface area contributed by atoms with Gasteiger partial charge >= 0.3 is 5.97 Å². The Morgan fingerprint density at radius 2 is 1.94 bits per heavy atom. The van der Waals surface area contributed by atoms with Crippen molar-refractivity contribution in [3.05, 3.63) is 56.9 Å². The van der Waals surface area contributed by atoms with E-state index >= 15 is 0 Å². The summed E-state index contributed by atoms with van der Waals surface area (Å²) in [5, 5.41) is 0.512. The van der Waals surface area contributed by atoms with E-state index in [1.807, 2.05) is 26.0 Å². The maximum atomic E-state index is 12.8. The van der Waals surface area contributed by atoms with Crippen LogP contribution in [0.5, 0.6) is 11.5 Å². The van der Waals surface area contributed by atoms with Crippen LogP contribution in [0.2, 0.25) is 0 Å². The van der Waals surface area contributed by atoms with E-state index in [9.17, 15) is 9.59 Å².